The maximum absolute atomic E-state index is 11.6. The number of carbonyl (C=O) groups is 1. The number of hydrogen-bond donors (Lipinski definition) is 2. The second-order valence-electron chi connectivity index (χ2n) is 4.16. The average molecular weight is 182 g/mol. The second kappa shape index (κ2) is 4.09. The van der Waals surface area contributed by atoms with Crippen LogP contribution in [0, 0.1) is 5.92 Å². The van der Waals surface area contributed by atoms with E-state index in [9.17, 15) is 4.79 Å². The highest BCUT2D eigenvalue weighted by Gasteiger charge is 2.27. The molecule has 1 saturated heterocycles. The predicted molar refractivity (Wildman–Crippen MR) is 51.4 cm³/mol. The molecule has 3 nitrogen and oxygen atoms in total. The number of hydrogen-bond acceptors (Lipinski definition) is 2. The van der Waals surface area contributed by atoms with E-state index in [0.29, 0.717) is 17.9 Å². The molecular weight excluding hydrogens is 164 g/mol. The van der Waals surface area contributed by atoms with Crippen LogP contribution in [0.15, 0.2) is 0 Å². The minimum Gasteiger partial charge on any atom is -0.353 e. The van der Waals surface area contributed by atoms with Crippen molar-refractivity contribution in [3.63, 3.8) is 0 Å². The van der Waals surface area contributed by atoms with Crippen LogP contribution in [0.4, 0.5) is 0 Å². The lowest BCUT2D eigenvalue weighted by Crippen LogP contribution is -2.45. The molecule has 0 aromatic carbocycles. The summed E-state index contributed by atoms with van der Waals surface area (Å²) in [5, 5.41) is 6.44. The molecular formula is C10H18N2O. The molecule has 1 heterocycles. The predicted octanol–water partition coefficient (Wildman–Crippen LogP) is 0.655. The van der Waals surface area contributed by atoms with Crippen molar-refractivity contribution in [1.29, 1.82) is 0 Å². The van der Waals surface area contributed by atoms with Gasteiger partial charge in [-0.3, -0.25) is 4.79 Å². The molecule has 2 fully saturated rings. The minimum atomic E-state index is 0.304. The highest BCUT2D eigenvalue weighted by Crippen LogP contribution is 2.26. The van der Waals surface area contributed by atoms with Gasteiger partial charge in [-0.05, 0) is 38.8 Å². The summed E-state index contributed by atoms with van der Waals surface area (Å²) in [6, 6.07) is 0.439. The topological polar surface area (TPSA) is 41.1 Å². The van der Waals surface area contributed by atoms with Crippen molar-refractivity contribution < 1.29 is 4.79 Å². The Morgan fingerprint density at radius 2 is 1.85 bits per heavy atom. The Morgan fingerprint density at radius 1 is 1.15 bits per heavy atom. The Kier molecular flexibility index (Phi) is 2.83. The largest absolute Gasteiger partial charge is 0.353 e. The average Bonchev–Trinajstić information content (AvgIpc) is 2.02. The second-order valence-corrected chi connectivity index (χ2v) is 4.16. The van der Waals surface area contributed by atoms with Crippen LogP contribution in [0.5, 0.6) is 0 Å². The summed E-state index contributed by atoms with van der Waals surface area (Å²) in [7, 11) is 0. The van der Waals surface area contributed by atoms with Crippen LogP contribution >= 0.6 is 0 Å². The van der Waals surface area contributed by atoms with Gasteiger partial charge in [-0.25, -0.2) is 0 Å². The smallest absolute Gasteiger partial charge is 0.223 e. The summed E-state index contributed by atoms with van der Waals surface area (Å²) in [6.07, 6.45) is 5.65. The maximum Gasteiger partial charge on any atom is 0.223 e. The molecule has 2 aliphatic rings. The van der Waals surface area contributed by atoms with Gasteiger partial charge in [0.25, 0.3) is 0 Å². The van der Waals surface area contributed by atoms with E-state index >= 15 is 0 Å². The van der Waals surface area contributed by atoms with Gasteiger partial charge in [-0.15, -0.1) is 0 Å². The summed E-state index contributed by atoms with van der Waals surface area (Å²) in [4.78, 5) is 11.6. The maximum atomic E-state index is 11.6. The number of nitrogens with one attached hydrogen (secondary N) is 2. The van der Waals surface area contributed by atoms with E-state index in [2.05, 4.69) is 10.6 Å². The van der Waals surface area contributed by atoms with Gasteiger partial charge < -0.3 is 10.6 Å². The van der Waals surface area contributed by atoms with Crippen molar-refractivity contribution in [2.75, 3.05) is 13.1 Å². The third-order valence-electron chi connectivity index (χ3n) is 3.16. The van der Waals surface area contributed by atoms with Crippen molar-refractivity contribution >= 4 is 5.91 Å². The third-order valence-corrected chi connectivity index (χ3v) is 3.16. The van der Waals surface area contributed by atoms with E-state index in [1.54, 1.807) is 0 Å². The first-order valence-electron chi connectivity index (χ1n) is 5.37. The lowest BCUT2D eigenvalue weighted by molar-refractivity contribution is -0.128. The molecule has 0 bridgehead atoms. The van der Waals surface area contributed by atoms with Gasteiger partial charge in [-0.1, -0.05) is 6.42 Å². The number of carbonyl (C=O) groups excluding carboxylic acids is 1. The minimum absolute atomic E-state index is 0.304. The molecule has 0 aromatic rings. The first-order valence-corrected chi connectivity index (χ1v) is 5.37. The Labute approximate surface area is 79.3 Å². The number of rotatable bonds is 2. The first-order chi connectivity index (χ1) is 6.36. The van der Waals surface area contributed by atoms with Crippen LogP contribution in [-0.4, -0.2) is 25.0 Å². The fourth-order valence-corrected chi connectivity index (χ4v) is 1.96. The van der Waals surface area contributed by atoms with E-state index in [-0.39, 0.29) is 0 Å². The van der Waals surface area contributed by atoms with Crippen molar-refractivity contribution in [3.8, 4) is 0 Å². The van der Waals surface area contributed by atoms with E-state index in [0.717, 1.165) is 38.8 Å². The molecule has 0 spiro atoms. The van der Waals surface area contributed by atoms with Gasteiger partial charge in [0, 0.05) is 12.0 Å². The molecule has 2 rings (SSSR count). The molecule has 1 aliphatic carbocycles. The van der Waals surface area contributed by atoms with Crippen molar-refractivity contribution in [1.82, 2.24) is 10.6 Å². The Balaban J connectivity index is 1.72. The number of piperidine rings is 1. The van der Waals surface area contributed by atoms with E-state index in [4.69, 9.17) is 0 Å². The molecule has 0 atom stereocenters. The van der Waals surface area contributed by atoms with Crippen LogP contribution in [0.25, 0.3) is 0 Å². The van der Waals surface area contributed by atoms with Gasteiger partial charge in [0.05, 0.1) is 0 Å². The van der Waals surface area contributed by atoms with Crippen LogP contribution in [-0.2, 0) is 4.79 Å². The standard InChI is InChI=1S/C10H18N2O/c13-10(8-2-1-3-8)12-9-4-6-11-7-5-9/h8-9,11H,1-7H2,(H,12,13). The van der Waals surface area contributed by atoms with E-state index in [1.807, 2.05) is 0 Å². The molecule has 13 heavy (non-hydrogen) atoms. The van der Waals surface area contributed by atoms with E-state index < -0.39 is 0 Å². The van der Waals surface area contributed by atoms with Crippen molar-refractivity contribution in [3.05, 3.63) is 0 Å². The normalized spacial score (nSPS) is 25.2. The molecule has 3 heteroatoms. The molecule has 1 amide bonds. The zero-order valence-corrected chi connectivity index (χ0v) is 8.01. The van der Waals surface area contributed by atoms with Gasteiger partial charge in [0.1, 0.15) is 0 Å². The molecule has 1 aliphatic heterocycles. The van der Waals surface area contributed by atoms with E-state index in [1.165, 1.54) is 6.42 Å². The van der Waals surface area contributed by atoms with Crippen molar-refractivity contribution in [2.45, 2.75) is 38.1 Å². The summed E-state index contributed by atoms with van der Waals surface area (Å²) >= 11 is 0. The summed E-state index contributed by atoms with van der Waals surface area (Å²) in [6.45, 7) is 2.10. The fraction of sp³-hybridized carbons (Fsp3) is 0.900. The first kappa shape index (κ1) is 9.00. The lowest BCUT2D eigenvalue weighted by Gasteiger charge is -2.29. The highest BCUT2D eigenvalue weighted by atomic mass is 16.2. The summed E-state index contributed by atoms with van der Waals surface area (Å²) in [5.74, 6) is 0.646. The highest BCUT2D eigenvalue weighted by molar-refractivity contribution is 5.79. The Bertz CT molecular complexity index is 183. The quantitative estimate of drug-likeness (QED) is 0.658. The Hall–Kier alpha value is -0.570. The summed E-state index contributed by atoms with van der Waals surface area (Å²) in [5.41, 5.74) is 0. The van der Waals surface area contributed by atoms with Crippen molar-refractivity contribution in [2.24, 2.45) is 5.92 Å². The molecule has 1 saturated carbocycles. The van der Waals surface area contributed by atoms with Gasteiger partial charge >= 0.3 is 0 Å². The SMILES string of the molecule is O=C(NC1CCNCC1)C1CCC1. The lowest BCUT2D eigenvalue weighted by atomic mass is 9.84. The zero-order chi connectivity index (χ0) is 9.10. The van der Waals surface area contributed by atoms with Gasteiger partial charge in [0.15, 0.2) is 0 Å². The third kappa shape index (κ3) is 2.21. The van der Waals surface area contributed by atoms with Gasteiger partial charge in [0.2, 0.25) is 5.91 Å². The molecule has 0 unspecified atom stereocenters. The molecule has 0 radical (unpaired) electrons. The monoisotopic (exact) mass is 182 g/mol. The summed E-state index contributed by atoms with van der Waals surface area (Å²) < 4.78 is 0. The van der Waals surface area contributed by atoms with Crippen LogP contribution < -0.4 is 10.6 Å². The fourth-order valence-electron chi connectivity index (χ4n) is 1.96. The van der Waals surface area contributed by atoms with Crippen LogP contribution in [0.1, 0.15) is 32.1 Å². The molecule has 0 aromatic heterocycles. The number of amides is 1. The van der Waals surface area contributed by atoms with Crippen LogP contribution in [0.3, 0.4) is 0 Å². The van der Waals surface area contributed by atoms with Crippen LogP contribution in [0.2, 0.25) is 0 Å². The molecule has 2 N–H and O–H groups in total. The Morgan fingerprint density at radius 3 is 2.38 bits per heavy atom. The molecule has 74 valence electrons. The zero-order valence-electron chi connectivity index (χ0n) is 8.01. The van der Waals surface area contributed by atoms with Gasteiger partial charge in [-0.2, -0.15) is 0 Å².